The molecule has 2 heterocycles. The fourth-order valence-electron chi connectivity index (χ4n) is 3.76. The summed E-state index contributed by atoms with van der Waals surface area (Å²) in [6.07, 6.45) is 6.48. The van der Waals surface area contributed by atoms with Crippen LogP contribution in [-0.4, -0.2) is 51.6 Å². The van der Waals surface area contributed by atoms with Crippen LogP contribution >= 0.6 is 11.8 Å². The van der Waals surface area contributed by atoms with Gasteiger partial charge in [0.1, 0.15) is 0 Å². The lowest BCUT2D eigenvalue weighted by molar-refractivity contribution is -0.142. The number of carboxylic acids is 1. The Kier molecular flexibility index (Phi) is 5.07. The summed E-state index contributed by atoms with van der Waals surface area (Å²) >= 11 is 1.80. The molecule has 2 rings (SSSR count). The minimum Gasteiger partial charge on any atom is -0.481 e. The highest BCUT2D eigenvalue weighted by atomic mass is 32.2. The molecular weight excluding hydrogens is 288 g/mol. The van der Waals surface area contributed by atoms with Crippen molar-refractivity contribution in [3.63, 3.8) is 0 Å². The third kappa shape index (κ3) is 3.00. The summed E-state index contributed by atoms with van der Waals surface area (Å²) in [6.45, 7) is 4.94. The van der Waals surface area contributed by atoms with Crippen LogP contribution in [0.2, 0.25) is 0 Å². The van der Waals surface area contributed by atoms with E-state index < -0.39 is 5.97 Å². The van der Waals surface area contributed by atoms with Gasteiger partial charge < -0.3 is 15.3 Å². The molecule has 2 fully saturated rings. The molecule has 6 heteroatoms. The predicted molar refractivity (Wildman–Crippen MR) is 84.6 cm³/mol. The molecule has 21 heavy (non-hydrogen) atoms. The number of carbonyl (C=O) groups is 2. The van der Waals surface area contributed by atoms with Gasteiger partial charge in [-0.1, -0.05) is 13.8 Å². The molecule has 0 spiro atoms. The molecule has 2 aliphatic heterocycles. The third-order valence-corrected chi connectivity index (χ3v) is 6.96. The van der Waals surface area contributed by atoms with Crippen molar-refractivity contribution in [2.75, 3.05) is 12.8 Å². The standard InChI is InChI=1S/C15H26N2O3S/c1-4-15(5-2,21-3)9-16-14(20)17-10-6-7-12(17)11(8-10)13(18)19/h10-12H,4-9H2,1-3H3,(H,16,20)(H,18,19). The summed E-state index contributed by atoms with van der Waals surface area (Å²) in [4.78, 5) is 25.5. The Morgan fingerprint density at radius 1 is 1.33 bits per heavy atom. The molecule has 0 saturated carbocycles. The molecule has 120 valence electrons. The normalized spacial score (nSPS) is 28.0. The second-order valence-electron chi connectivity index (χ2n) is 6.14. The highest BCUT2D eigenvalue weighted by Crippen LogP contribution is 2.41. The Hall–Kier alpha value is -0.910. The Balaban J connectivity index is 1.97. The molecule has 0 aliphatic carbocycles. The zero-order chi connectivity index (χ0) is 15.6. The SMILES string of the molecule is CCC(CC)(CNC(=O)N1C2CCC1C(C(=O)O)C2)SC. The van der Waals surface area contributed by atoms with Crippen LogP contribution in [0.1, 0.15) is 46.0 Å². The smallest absolute Gasteiger partial charge is 0.317 e. The molecule has 2 bridgehead atoms. The largest absolute Gasteiger partial charge is 0.481 e. The number of hydrogen-bond acceptors (Lipinski definition) is 3. The van der Waals surface area contributed by atoms with Crippen molar-refractivity contribution in [3.05, 3.63) is 0 Å². The van der Waals surface area contributed by atoms with Gasteiger partial charge in [-0.2, -0.15) is 11.8 Å². The van der Waals surface area contributed by atoms with Crippen LogP contribution < -0.4 is 5.32 Å². The lowest BCUT2D eigenvalue weighted by atomic mass is 9.89. The van der Waals surface area contributed by atoms with E-state index in [2.05, 4.69) is 25.4 Å². The molecule has 0 radical (unpaired) electrons. The third-order valence-electron chi connectivity index (χ3n) is 5.37. The van der Waals surface area contributed by atoms with Crippen LogP contribution in [-0.2, 0) is 4.79 Å². The van der Waals surface area contributed by atoms with Crippen molar-refractivity contribution < 1.29 is 14.7 Å². The van der Waals surface area contributed by atoms with Gasteiger partial charge in [0.2, 0.25) is 0 Å². The average Bonchev–Trinajstić information content (AvgIpc) is 3.07. The first-order chi connectivity index (χ1) is 9.98. The number of hydrogen-bond donors (Lipinski definition) is 2. The molecule has 5 nitrogen and oxygen atoms in total. The van der Waals surface area contributed by atoms with Crippen LogP contribution in [0.4, 0.5) is 4.79 Å². The topological polar surface area (TPSA) is 69.6 Å². The van der Waals surface area contributed by atoms with Crippen LogP contribution in [0, 0.1) is 5.92 Å². The van der Waals surface area contributed by atoms with Gasteiger partial charge in [-0.25, -0.2) is 4.79 Å². The van der Waals surface area contributed by atoms with Gasteiger partial charge in [-0.05, 0) is 38.4 Å². The highest BCUT2D eigenvalue weighted by molar-refractivity contribution is 8.00. The van der Waals surface area contributed by atoms with E-state index in [1.807, 2.05) is 0 Å². The molecular formula is C15H26N2O3S. The summed E-state index contributed by atoms with van der Waals surface area (Å²) in [7, 11) is 0. The number of fused-ring (bicyclic) bond motifs is 2. The van der Waals surface area contributed by atoms with Gasteiger partial charge in [0.05, 0.1) is 5.92 Å². The number of carbonyl (C=O) groups excluding carboxylic acids is 1. The maximum absolute atomic E-state index is 12.5. The number of nitrogens with one attached hydrogen (secondary N) is 1. The molecule has 2 amide bonds. The first kappa shape index (κ1) is 16.5. The summed E-state index contributed by atoms with van der Waals surface area (Å²) < 4.78 is 0.0840. The van der Waals surface area contributed by atoms with Crippen molar-refractivity contribution in [3.8, 4) is 0 Å². The van der Waals surface area contributed by atoms with Crippen molar-refractivity contribution in [1.82, 2.24) is 10.2 Å². The fourth-order valence-corrected chi connectivity index (χ4v) is 4.55. The molecule has 3 unspecified atom stereocenters. The van der Waals surface area contributed by atoms with E-state index in [1.165, 1.54) is 0 Å². The summed E-state index contributed by atoms with van der Waals surface area (Å²) in [5.41, 5.74) is 0. The van der Waals surface area contributed by atoms with Gasteiger partial charge in [-0.15, -0.1) is 0 Å². The number of rotatable bonds is 6. The molecule has 2 N–H and O–H groups in total. The monoisotopic (exact) mass is 314 g/mol. The average molecular weight is 314 g/mol. The molecule has 3 atom stereocenters. The van der Waals surface area contributed by atoms with E-state index in [-0.39, 0.29) is 28.8 Å². The van der Waals surface area contributed by atoms with Gasteiger partial charge >= 0.3 is 12.0 Å². The van der Waals surface area contributed by atoms with Gasteiger partial charge in [0.25, 0.3) is 0 Å². The molecule has 0 aromatic rings. The van der Waals surface area contributed by atoms with Crippen LogP contribution in [0.5, 0.6) is 0 Å². The Morgan fingerprint density at radius 2 is 2.00 bits per heavy atom. The van der Waals surface area contributed by atoms with E-state index in [1.54, 1.807) is 16.7 Å². The molecule has 2 aliphatic rings. The summed E-state index contributed by atoms with van der Waals surface area (Å²) in [5, 5.41) is 12.3. The lowest BCUT2D eigenvalue weighted by Crippen LogP contribution is -2.48. The quantitative estimate of drug-likeness (QED) is 0.790. The van der Waals surface area contributed by atoms with Crippen LogP contribution in [0.3, 0.4) is 0 Å². The predicted octanol–water partition coefficient (Wildman–Crippen LogP) is 2.56. The maximum Gasteiger partial charge on any atom is 0.317 e. The summed E-state index contributed by atoms with van der Waals surface area (Å²) in [6, 6.07) is -0.0750. The van der Waals surface area contributed by atoms with Crippen LogP contribution in [0.15, 0.2) is 0 Å². The molecule has 0 aromatic carbocycles. The number of aliphatic carboxylic acids is 1. The number of thioether (sulfide) groups is 1. The van der Waals surface area contributed by atoms with Crippen molar-refractivity contribution in [1.29, 1.82) is 0 Å². The first-order valence-electron chi connectivity index (χ1n) is 7.82. The first-order valence-corrected chi connectivity index (χ1v) is 9.04. The second kappa shape index (κ2) is 6.46. The summed E-state index contributed by atoms with van der Waals surface area (Å²) in [5.74, 6) is -1.14. The maximum atomic E-state index is 12.5. The van der Waals surface area contributed by atoms with Gasteiger partial charge in [0, 0.05) is 23.4 Å². The van der Waals surface area contributed by atoms with Crippen molar-refractivity contribution >= 4 is 23.8 Å². The zero-order valence-corrected chi connectivity index (χ0v) is 13.9. The van der Waals surface area contributed by atoms with Gasteiger partial charge in [-0.3, -0.25) is 4.79 Å². The minimum atomic E-state index is -0.763. The molecule has 2 saturated heterocycles. The van der Waals surface area contributed by atoms with E-state index >= 15 is 0 Å². The van der Waals surface area contributed by atoms with Crippen LogP contribution in [0.25, 0.3) is 0 Å². The number of urea groups is 1. The van der Waals surface area contributed by atoms with Crippen molar-refractivity contribution in [2.24, 2.45) is 5.92 Å². The van der Waals surface area contributed by atoms with E-state index in [0.717, 1.165) is 25.7 Å². The molecule has 0 aromatic heterocycles. The Bertz CT molecular complexity index is 403. The highest BCUT2D eigenvalue weighted by Gasteiger charge is 2.51. The number of carboxylic acid groups (broad SMARTS) is 1. The van der Waals surface area contributed by atoms with Gasteiger partial charge in [0.15, 0.2) is 0 Å². The van der Waals surface area contributed by atoms with E-state index in [4.69, 9.17) is 0 Å². The Morgan fingerprint density at radius 3 is 2.48 bits per heavy atom. The minimum absolute atomic E-state index is 0.0772. The second-order valence-corrected chi connectivity index (χ2v) is 7.41. The number of nitrogens with zero attached hydrogens (tertiary/aromatic N) is 1. The van der Waals surface area contributed by atoms with E-state index in [0.29, 0.717) is 13.0 Å². The lowest BCUT2D eigenvalue weighted by Gasteiger charge is -2.32. The number of amides is 2. The van der Waals surface area contributed by atoms with Crippen molar-refractivity contribution in [2.45, 2.75) is 62.8 Å². The zero-order valence-electron chi connectivity index (χ0n) is 13.1. The Labute approximate surface area is 130 Å². The fraction of sp³-hybridized carbons (Fsp3) is 0.867. The van der Waals surface area contributed by atoms with E-state index in [9.17, 15) is 14.7 Å².